The van der Waals surface area contributed by atoms with E-state index in [1.54, 1.807) is 12.1 Å². The van der Waals surface area contributed by atoms with Crippen LogP contribution >= 0.6 is 0 Å². The van der Waals surface area contributed by atoms with Gasteiger partial charge in [-0.05, 0) is 30.2 Å². The van der Waals surface area contributed by atoms with Crippen LogP contribution in [0.2, 0.25) is 0 Å². The zero-order valence-corrected chi connectivity index (χ0v) is 12.8. The van der Waals surface area contributed by atoms with E-state index in [1.807, 2.05) is 13.8 Å². The maximum atomic E-state index is 12.0. The molecule has 0 aliphatic carbocycles. The first kappa shape index (κ1) is 16.9. The SMILES string of the molecule is CCC(C)CNS(=O)(=O)c1ccc(OCCCO)cc1. The molecule has 0 amide bonds. The summed E-state index contributed by atoms with van der Waals surface area (Å²) in [5.41, 5.74) is 0. The second kappa shape index (κ2) is 8.24. The molecule has 0 heterocycles. The molecule has 114 valence electrons. The lowest BCUT2D eigenvalue weighted by atomic mass is 10.1. The number of aliphatic hydroxyl groups excluding tert-OH is 1. The Morgan fingerprint density at radius 1 is 1.30 bits per heavy atom. The fourth-order valence-electron chi connectivity index (χ4n) is 1.45. The average molecular weight is 301 g/mol. The number of benzene rings is 1. The second-order valence-electron chi connectivity index (χ2n) is 4.76. The topological polar surface area (TPSA) is 75.6 Å². The van der Waals surface area contributed by atoms with Crippen molar-refractivity contribution in [3.8, 4) is 5.75 Å². The van der Waals surface area contributed by atoms with Gasteiger partial charge >= 0.3 is 0 Å². The van der Waals surface area contributed by atoms with Crippen molar-refractivity contribution < 1.29 is 18.3 Å². The highest BCUT2D eigenvalue weighted by atomic mass is 32.2. The molecule has 0 fully saturated rings. The first-order chi connectivity index (χ1) is 9.49. The normalized spacial score (nSPS) is 13.2. The van der Waals surface area contributed by atoms with E-state index in [2.05, 4.69) is 4.72 Å². The summed E-state index contributed by atoms with van der Waals surface area (Å²) in [5.74, 6) is 0.908. The van der Waals surface area contributed by atoms with Crippen LogP contribution in [0.1, 0.15) is 26.7 Å². The molecule has 1 atom stereocenters. The molecule has 6 heteroatoms. The number of aliphatic hydroxyl groups is 1. The van der Waals surface area contributed by atoms with E-state index in [-0.39, 0.29) is 11.5 Å². The monoisotopic (exact) mass is 301 g/mol. The Bertz CT molecular complexity index is 484. The molecular formula is C14H23NO4S. The third-order valence-electron chi connectivity index (χ3n) is 3.02. The summed E-state index contributed by atoms with van der Waals surface area (Å²) < 4.78 is 32.0. The zero-order chi connectivity index (χ0) is 15.0. The predicted octanol–water partition coefficient (Wildman–Crippen LogP) is 1.77. The molecule has 1 rings (SSSR count). The highest BCUT2D eigenvalue weighted by molar-refractivity contribution is 7.89. The summed E-state index contributed by atoms with van der Waals surface area (Å²) in [5, 5.41) is 8.65. The molecular weight excluding hydrogens is 278 g/mol. The summed E-state index contributed by atoms with van der Waals surface area (Å²) in [7, 11) is -3.45. The van der Waals surface area contributed by atoms with Gasteiger partial charge in [0.15, 0.2) is 0 Å². The van der Waals surface area contributed by atoms with E-state index >= 15 is 0 Å². The van der Waals surface area contributed by atoms with Gasteiger partial charge in [0, 0.05) is 19.6 Å². The number of ether oxygens (including phenoxy) is 1. The molecule has 1 aromatic rings. The summed E-state index contributed by atoms with van der Waals surface area (Å²) >= 11 is 0. The van der Waals surface area contributed by atoms with Crippen molar-refractivity contribution >= 4 is 10.0 Å². The first-order valence-electron chi connectivity index (χ1n) is 6.83. The Kier molecular flexibility index (Phi) is 6.98. The van der Waals surface area contributed by atoms with Crippen LogP contribution in [0.25, 0.3) is 0 Å². The molecule has 1 unspecified atom stereocenters. The van der Waals surface area contributed by atoms with Crippen molar-refractivity contribution in [1.82, 2.24) is 4.72 Å². The zero-order valence-electron chi connectivity index (χ0n) is 12.0. The van der Waals surface area contributed by atoms with Crippen LogP contribution in [-0.2, 0) is 10.0 Å². The smallest absolute Gasteiger partial charge is 0.240 e. The van der Waals surface area contributed by atoms with E-state index in [1.165, 1.54) is 12.1 Å². The fourth-order valence-corrected chi connectivity index (χ4v) is 2.61. The number of rotatable bonds is 9. The summed E-state index contributed by atoms with van der Waals surface area (Å²) in [6, 6.07) is 6.28. The lowest BCUT2D eigenvalue weighted by Gasteiger charge is -2.11. The Hall–Kier alpha value is -1.11. The Morgan fingerprint density at radius 2 is 1.95 bits per heavy atom. The van der Waals surface area contributed by atoms with E-state index in [4.69, 9.17) is 9.84 Å². The Balaban J connectivity index is 2.62. The van der Waals surface area contributed by atoms with Gasteiger partial charge in [-0.15, -0.1) is 0 Å². The number of sulfonamides is 1. The molecule has 20 heavy (non-hydrogen) atoms. The molecule has 0 aliphatic heterocycles. The molecule has 0 aromatic heterocycles. The lowest BCUT2D eigenvalue weighted by Crippen LogP contribution is -2.28. The minimum absolute atomic E-state index is 0.0754. The Morgan fingerprint density at radius 3 is 2.50 bits per heavy atom. The summed E-state index contributed by atoms with van der Waals surface area (Å²) in [4.78, 5) is 0.232. The second-order valence-corrected chi connectivity index (χ2v) is 6.53. The maximum absolute atomic E-state index is 12.0. The fraction of sp³-hybridized carbons (Fsp3) is 0.571. The van der Waals surface area contributed by atoms with Gasteiger partial charge in [-0.1, -0.05) is 20.3 Å². The molecule has 0 aliphatic rings. The third kappa shape index (κ3) is 5.48. The minimum atomic E-state index is -3.45. The largest absolute Gasteiger partial charge is 0.494 e. The van der Waals surface area contributed by atoms with Crippen molar-refractivity contribution in [2.24, 2.45) is 5.92 Å². The molecule has 1 aromatic carbocycles. The molecule has 5 nitrogen and oxygen atoms in total. The maximum Gasteiger partial charge on any atom is 0.240 e. The summed E-state index contributed by atoms with van der Waals surface area (Å²) in [6.45, 7) is 4.95. The van der Waals surface area contributed by atoms with Gasteiger partial charge < -0.3 is 9.84 Å². The van der Waals surface area contributed by atoms with Gasteiger partial charge in [-0.25, -0.2) is 13.1 Å². The van der Waals surface area contributed by atoms with Crippen LogP contribution in [0.4, 0.5) is 0 Å². The molecule has 0 radical (unpaired) electrons. The molecule has 0 bridgehead atoms. The third-order valence-corrected chi connectivity index (χ3v) is 4.46. The van der Waals surface area contributed by atoms with Crippen LogP contribution in [0, 0.1) is 5.92 Å². The lowest BCUT2D eigenvalue weighted by molar-refractivity contribution is 0.233. The minimum Gasteiger partial charge on any atom is -0.494 e. The predicted molar refractivity (Wildman–Crippen MR) is 78.3 cm³/mol. The van der Waals surface area contributed by atoms with Gasteiger partial charge in [-0.3, -0.25) is 0 Å². The van der Waals surface area contributed by atoms with Gasteiger partial charge in [0.25, 0.3) is 0 Å². The quantitative estimate of drug-likeness (QED) is 0.682. The van der Waals surface area contributed by atoms with E-state index < -0.39 is 10.0 Å². The first-order valence-corrected chi connectivity index (χ1v) is 8.31. The van der Waals surface area contributed by atoms with Crippen LogP contribution in [0.3, 0.4) is 0 Å². The number of hydrogen-bond acceptors (Lipinski definition) is 4. The van der Waals surface area contributed by atoms with Gasteiger partial charge in [-0.2, -0.15) is 0 Å². The standard InChI is InChI=1S/C14H23NO4S/c1-3-12(2)11-15-20(17,18)14-7-5-13(6-8-14)19-10-4-9-16/h5-8,12,15-16H,3-4,9-11H2,1-2H3. The van der Waals surface area contributed by atoms with Crippen LogP contribution in [0.15, 0.2) is 29.2 Å². The van der Waals surface area contributed by atoms with Crippen molar-refractivity contribution in [3.63, 3.8) is 0 Å². The van der Waals surface area contributed by atoms with Crippen molar-refractivity contribution in [2.45, 2.75) is 31.6 Å². The van der Waals surface area contributed by atoms with Crippen LogP contribution < -0.4 is 9.46 Å². The van der Waals surface area contributed by atoms with Crippen molar-refractivity contribution in [1.29, 1.82) is 0 Å². The average Bonchev–Trinajstić information content (AvgIpc) is 2.45. The van der Waals surface area contributed by atoms with Crippen molar-refractivity contribution in [3.05, 3.63) is 24.3 Å². The highest BCUT2D eigenvalue weighted by Crippen LogP contribution is 2.16. The van der Waals surface area contributed by atoms with Gasteiger partial charge in [0.05, 0.1) is 11.5 Å². The van der Waals surface area contributed by atoms with Crippen molar-refractivity contribution in [2.75, 3.05) is 19.8 Å². The van der Waals surface area contributed by atoms with Crippen LogP contribution in [-0.4, -0.2) is 33.3 Å². The number of nitrogens with one attached hydrogen (secondary N) is 1. The summed E-state index contributed by atoms with van der Waals surface area (Å²) in [6.07, 6.45) is 1.48. The van der Waals surface area contributed by atoms with Crippen LogP contribution in [0.5, 0.6) is 5.75 Å². The molecule has 0 saturated carbocycles. The van der Waals surface area contributed by atoms with Gasteiger partial charge in [0.2, 0.25) is 10.0 Å². The van der Waals surface area contributed by atoms with E-state index in [0.29, 0.717) is 31.2 Å². The molecule has 0 spiro atoms. The number of hydrogen-bond donors (Lipinski definition) is 2. The molecule has 0 saturated heterocycles. The van der Waals surface area contributed by atoms with E-state index in [0.717, 1.165) is 6.42 Å². The molecule has 2 N–H and O–H groups in total. The Labute approximate surface area is 121 Å². The van der Waals surface area contributed by atoms with E-state index in [9.17, 15) is 8.42 Å². The highest BCUT2D eigenvalue weighted by Gasteiger charge is 2.14. The van der Waals surface area contributed by atoms with Gasteiger partial charge in [0.1, 0.15) is 5.75 Å².